The molecule has 0 aliphatic rings. The van der Waals surface area contributed by atoms with Gasteiger partial charge < -0.3 is 9.84 Å². The Hall–Kier alpha value is -2.59. The second-order valence-electron chi connectivity index (χ2n) is 6.59. The van der Waals surface area contributed by atoms with Crippen molar-refractivity contribution in [2.45, 2.75) is 30.7 Å². The van der Waals surface area contributed by atoms with Gasteiger partial charge >= 0.3 is 12.1 Å². The van der Waals surface area contributed by atoms with Crippen molar-refractivity contribution in [2.24, 2.45) is 0 Å². The maximum absolute atomic E-state index is 13.9. The summed E-state index contributed by atoms with van der Waals surface area (Å²) >= 11 is 2.56. The van der Waals surface area contributed by atoms with Gasteiger partial charge in [-0.3, -0.25) is 0 Å². The number of thioether (sulfide) groups is 1. The van der Waals surface area contributed by atoms with E-state index in [0.29, 0.717) is 17.2 Å². The predicted octanol–water partition coefficient (Wildman–Crippen LogP) is 6.34. The Kier molecular flexibility index (Phi) is 6.90. The smallest absolute Gasteiger partial charge is 0.419 e. The lowest BCUT2D eigenvalue weighted by Crippen LogP contribution is -2.10. The van der Waals surface area contributed by atoms with Gasteiger partial charge in [-0.1, -0.05) is 12.1 Å². The molecule has 2 aromatic carbocycles. The van der Waals surface area contributed by atoms with Gasteiger partial charge in [0.2, 0.25) is 0 Å². The normalized spacial score (nSPS) is 11.5. The van der Waals surface area contributed by atoms with Crippen LogP contribution in [-0.4, -0.2) is 22.7 Å². The molecule has 0 aliphatic carbocycles. The summed E-state index contributed by atoms with van der Waals surface area (Å²) < 4.78 is 59.1. The van der Waals surface area contributed by atoms with Crippen molar-refractivity contribution in [3.05, 3.63) is 63.9 Å². The number of alkyl halides is 3. The molecule has 1 aromatic heterocycles. The summed E-state index contributed by atoms with van der Waals surface area (Å²) in [5.41, 5.74) is -0.228. The zero-order chi connectivity index (χ0) is 22.8. The van der Waals surface area contributed by atoms with Crippen LogP contribution in [0.2, 0.25) is 0 Å². The quantitative estimate of drug-likeness (QED) is 0.322. The van der Waals surface area contributed by atoms with Crippen LogP contribution in [0.3, 0.4) is 0 Å². The van der Waals surface area contributed by atoms with E-state index in [-0.39, 0.29) is 10.6 Å². The number of halogens is 4. The third-order valence-corrected chi connectivity index (χ3v) is 6.68. The summed E-state index contributed by atoms with van der Waals surface area (Å²) in [6.45, 7) is 3.06. The first kappa shape index (κ1) is 23.1. The monoisotopic (exact) mass is 471 g/mol. The number of hydrogen-bond donors (Lipinski definition) is 1. The van der Waals surface area contributed by atoms with Crippen molar-refractivity contribution >= 4 is 29.1 Å². The van der Waals surface area contributed by atoms with Crippen molar-refractivity contribution in [3.63, 3.8) is 0 Å². The second kappa shape index (κ2) is 9.27. The van der Waals surface area contributed by atoms with E-state index in [0.717, 1.165) is 32.7 Å². The molecule has 3 aromatic rings. The Morgan fingerprint density at radius 2 is 1.97 bits per heavy atom. The van der Waals surface area contributed by atoms with Crippen LogP contribution in [0, 0.1) is 19.7 Å². The summed E-state index contributed by atoms with van der Waals surface area (Å²) in [5.74, 6) is -1.46. The van der Waals surface area contributed by atoms with E-state index in [2.05, 4.69) is 4.98 Å². The van der Waals surface area contributed by atoms with Crippen molar-refractivity contribution in [1.29, 1.82) is 0 Å². The number of carboxylic acid groups (broad SMARTS) is 1. The molecular formula is C21H17F4NO3S2. The number of rotatable bonds is 7. The minimum absolute atomic E-state index is 0.119. The number of aryl methyl sites for hydroxylation is 2. The number of thiazole rings is 1. The predicted molar refractivity (Wildman–Crippen MR) is 111 cm³/mol. The van der Waals surface area contributed by atoms with Crippen molar-refractivity contribution < 1.29 is 32.2 Å². The van der Waals surface area contributed by atoms with Gasteiger partial charge in [0.05, 0.1) is 5.69 Å². The molecule has 4 nitrogen and oxygen atoms in total. The highest BCUT2D eigenvalue weighted by Crippen LogP contribution is 2.41. The van der Waals surface area contributed by atoms with Crippen LogP contribution in [0.15, 0.2) is 41.3 Å². The van der Waals surface area contributed by atoms with Crippen molar-refractivity contribution in [3.8, 4) is 16.3 Å². The SMILES string of the molecule is Cc1cc(SCc2sc(-c3cccc(F)c3C(F)(F)F)nc2C)ccc1OCC(=O)O. The fourth-order valence-electron chi connectivity index (χ4n) is 2.83. The van der Waals surface area contributed by atoms with Gasteiger partial charge in [0.1, 0.15) is 22.1 Å². The fourth-order valence-corrected chi connectivity index (χ4v) is 5.06. The van der Waals surface area contributed by atoms with Crippen LogP contribution in [0.1, 0.15) is 21.7 Å². The Bertz CT molecular complexity index is 1110. The number of ether oxygens (including phenoxy) is 1. The zero-order valence-corrected chi connectivity index (χ0v) is 18.1. The lowest BCUT2D eigenvalue weighted by Gasteiger charge is -2.11. The van der Waals surface area contributed by atoms with Gasteiger partial charge in [0.15, 0.2) is 6.61 Å². The van der Waals surface area contributed by atoms with E-state index >= 15 is 0 Å². The summed E-state index contributed by atoms with van der Waals surface area (Å²) in [6, 6.07) is 8.54. The van der Waals surface area contributed by atoms with E-state index in [1.807, 2.05) is 6.07 Å². The maximum atomic E-state index is 13.9. The highest BCUT2D eigenvalue weighted by Gasteiger charge is 2.37. The first-order valence-electron chi connectivity index (χ1n) is 8.96. The Balaban J connectivity index is 1.79. The standard InChI is InChI=1S/C21H17F4NO3S2/c1-11-8-13(6-7-16(11)29-9-18(27)28)30-10-17-12(2)26-20(31-17)14-4-3-5-15(22)19(14)21(23,24)25/h3-8H,9-10H2,1-2H3,(H,27,28). The molecule has 0 saturated carbocycles. The molecule has 10 heteroatoms. The highest BCUT2D eigenvalue weighted by atomic mass is 32.2. The third-order valence-electron chi connectivity index (χ3n) is 4.29. The molecule has 0 fully saturated rings. The molecule has 0 bridgehead atoms. The van der Waals surface area contributed by atoms with Gasteiger partial charge in [-0.2, -0.15) is 13.2 Å². The highest BCUT2D eigenvalue weighted by molar-refractivity contribution is 7.98. The molecule has 0 aliphatic heterocycles. The lowest BCUT2D eigenvalue weighted by atomic mass is 10.1. The number of hydrogen-bond acceptors (Lipinski definition) is 5. The minimum atomic E-state index is -4.82. The number of aromatic nitrogens is 1. The lowest BCUT2D eigenvalue weighted by molar-refractivity contribution is -0.140. The molecule has 164 valence electrons. The van der Waals surface area contributed by atoms with E-state index < -0.39 is 30.1 Å². The summed E-state index contributed by atoms with van der Waals surface area (Å²) in [7, 11) is 0. The molecule has 0 atom stereocenters. The Labute approximate surface area is 183 Å². The average Bonchev–Trinajstić information content (AvgIpc) is 3.05. The zero-order valence-electron chi connectivity index (χ0n) is 16.4. The fraction of sp³-hybridized carbons (Fsp3) is 0.238. The van der Waals surface area contributed by atoms with Crippen LogP contribution in [-0.2, 0) is 16.7 Å². The minimum Gasteiger partial charge on any atom is -0.482 e. The van der Waals surface area contributed by atoms with Crippen LogP contribution >= 0.6 is 23.1 Å². The van der Waals surface area contributed by atoms with Gasteiger partial charge in [0, 0.05) is 21.1 Å². The number of aliphatic carboxylic acids is 1. The molecule has 31 heavy (non-hydrogen) atoms. The number of benzene rings is 2. The van der Waals surface area contributed by atoms with Gasteiger partial charge in [-0.25, -0.2) is 14.2 Å². The molecule has 0 spiro atoms. The Morgan fingerprint density at radius 3 is 2.61 bits per heavy atom. The average molecular weight is 471 g/mol. The number of carbonyl (C=O) groups is 1. The third kappa shape index (κ3) is 5.56. The first-order valence-corrected chi connectivity index (χ1v) is 10.8. The summed E-state index contributed by atoms with van der Waals surface area (Å²) in [6.07, 6.45) is -4.82. The molecule has 0 saturated heterocycles. The van der Waals surface area contributed by atoms with Gasteiger partial charge in [-0.05, 0) is 43.7 Å². The molecule has 3 rings (SSSR count). The van der Waals surface area contributed by atoms with Crippen LogP contribution < -0.4 is 4.74 Å². The van der Waals surface area contributed by atoms with E-state index in [9.17, 15) is 22.4 Å². The first-order chi connectivity index (χ1) is 14.6. The summed E-state index contributed by atoms with van der Waals surface area (Å²) in [4.78, 5) is 16.5. The topological polar surface area (TPSA) is 59.4 Å². The maximum Gasteiger partial charge on any atom is 0.419 e. The molecule has 0 unspecified atom stereocenters. The summed E-state index contributed by atoms with van der Waals surface area (Å²) in [5, 5.41) is 8.82. The molecular weight excluding hydrogens is 454 g/mol. The molecule has 0 radical (unpaired) electrons. The number of carboxylic acids is 1. The Morgan fingerprint density at radius 1 is 1.23 bits per heavy atom. The second-order valence-corrected chi connectivity index (χ2v) is 8.72. The van der Waals surface area contributed by atoms with E-state index in [1.165, 1.54) is 23.9 Å². The van der Waals surface area contributed by atoms with Crippen molar-refractivity contribution in [1.82, 2.24) is 4.98 Å². The van der Waals surface area contributed by atoms with Crippen LogP contribution in [0.25, 0.3) is 10.6 Å². The molecule has 0 amide bonds. The number of nitrogens with zero attached hydrogens (tertiary/aromatic N) is 1. The van der Waals surface area contributed by atoms with Crippen LogP contribution in [0.4, 0.5) is 17.6 Å². The van der Waals surface area contributed by atoms with Crippen LogP contribution in [0.5, 0.6) is 5.75 Å². The molecule has 1 N–H and O–H groups in total. The largest absolute Gasteiger partial charge is 0.482 e. The molecule has 1 heterocycles. The van der Waals surface area contributed by atoms with Gasteiger partial charge in [0.25, 0.3) is 0 Å². The van der Waals surface area contributed by atoms with Crippen molar-refractivity contribution in [2.75, 3.05) is 6.61 Å². The van der Waals surface area contributed by atoms with E-state index in [1.54, 1.807) is 26.0 Å². The van der Waals surface area contributed by atoms with Gasteiger partial charge in [-0.15, -0.1) is 23.1 Å². The van der Waals surface area contributed by atoms with E-state index in [4.69, 9.17) is 9.84 Å².